The molecule has 0 saturated heterocycles. The van der Waals surface area contributed by atoms with Crippen LogP contribution in [0, 0.1) is 0 Å². The molecule has 5 heteroatoms. The van der Waals surface area contributed by atoms with E-state index in [2.05, 4.69) is 9.72 Å². The Morgan fingerprint density at radius 3 is 2.93 bits per heavy atom. The molecule has 2 N–H and O–H groups in total. The van der Waals surface area contributed by atoms with Crippen LogP contribution >= 0.6 is 11.6 Å². The van der Waals surface area contributed by atoms with Crippen molar-refractivity contribution in [3.8, 4) is 0 Å². The average molecular weight is 215 g/mol. The van der Waals surface area contributed by atoms with Crippen molar-refractivity contribution in [3.05, 3.63) is 29.0 Å². The molecule has 4 nitrogen and oxygen atoms in total. The number of aromatic nitrogens is 1. The maximum absolute atomic E-state index is 11.0. The number of hydrogen-bond acceptors (Lipinski definition) is 4. The zero-order valence-corrected chi connectivity index (χ0v) is 8.49. The van der Waals surface area contributed by atoms with Crippen LogP contribution in [0.15, 0.2) is 18.3 Å². The van der Waals surface area contributed by atoms with Crippen LogP contribution in [-0.4, -0.2) is 24.1 Å². The van der Waals surface area contributed by atoms with E-state index in [1.54, 1.807) is 12.1 Å². The van der Waals surface area contributed by atoms with Gasteiger partial charge in [0.25, 0.3) is 0 Å². The highest BCUT2D eigenvalue weighted by Gasteiger charge is 2.14. The molecule has 0 saturated carbocycles. The first-order valence-electron chi connectivity index (χ1n) is 4.07. The molecular weight excluding hydrogens is 204 g/mol. The van der Waals surface area contributed by atoms with Crippen molar-refractivity contribution in [1.82, 2.24) is 4.98 Å². The van der Waals surface area contributed by atoms with Crippen LogP contribution in [0.4, 0.5) is 0 Å². The minimum atomic E-state index is -0.673. The molecule has 1 rings (SSSR count). The highest BCUT2D eigenvalue weighted by Crippen LogP contribution is 2.07. The van der Waals surface area contributed by atoms with Gasteiger partial charge in [-0.25, -0.2) is 0 Å². The lowest BCUT2D eigenvalue weighted by atomic mass is 10.1. The summed E-state index contributed by atoms with van der Waals surface area (Å²) in [7, 11) is 1.30. The minimum Gasteiger partial charge on any atom is -0.468 e. The first-order valence-corrected chi connectivity index (χ1v) is 4.45. The smallest absolute Gasteiger partial charge is 0.323 e. The van der Waals surface area contributed by atoms with E-state index in [1.807, 2.05) is 0 Å². The van der Waals surface area contributed by atoms with Crippen molar-refractivity contribution in [2.45, 2.75) is 12.5 Å². The van der Waals surface area contributed by atoms with E-state index in [9.17, 15) is 4.79 Å². The van der Waals surface area contributed by atoms with E-state index in [-0.39, 0.29) is 0 Å². The third kappa shape index (κ3) is 2.97. The van der Waals surface area contributed by atoms with E-state index < -0.39 is 12.0 Å². The molecule has 0 bridgehead atoms. The number of rotatable bonds is 3. The Hall–Kier alpha value is -1.13. The zero-order valence-electron chi connectivity index (χ0n) is 7.74. The van der Waals surface area contributed by atoms with Crippen LogP contribution in [0.2, 0.25) is 5.02 Å². The SMILES string of the molecule is COC(=O)C(N)Cc1ccc(Cl)cn1. The summed E-state index contributed by atoms with van der Waals surface area (Å²) >= 11 is 5.65. The third-order valence-corrected chi connectivity index (χ3v) is 1.95. The molecule has 0 spiro atoms. The van der Waals surface area contributed by atoms with Crippen molar-refractivity contribution in [2.24, 2.45) is 5.73 Å². The lowest BCUT2D eigenvalue weighted by Crippen LogP contribution is -2.33. The fourth-order valence-corrected chi connectivity index (χ4v) is 1.10. The number of carbonyl (C=O) groups is 1. The van der Waals surface area contributed by atoms with Crippen LogP contribution in [0.1, 0.15) is 5.69 Å². The lowest BCUT2D eigenvalue weighted by molar-refractivity contribution is -0.142. The van der Waals surface area contributed by atoms with Gasteiger partial charge in [-0.15, -0.1) is 0 Å². The first kappa shape index (κ1) is 10.9. The molecule has 0 radical (unpaired) electrons. The summed E-state index contributed by atoms with van der Waals surface area (Å²) in [5, 5.41) is 0.556. The van der Waals surface area contributed by atoms with Gasteiger partial charge in [0, 0.05) is 18.3 Å². The largest absolute Gasteiger partial charge is 0.468 e. The quantitative estimate of drug-likeness (QED) is 0.756. The molecule has 1 aromatic rings. The highest BCUT2D eigenvalue weighted by molar-refractivity contribution is 6.30. The molecule has 76 valence electrons. The van der Waals surface area contributed by atoms with Crippen molar-refractivity contribution < 1.29 is 9.53 Å². The third-order valence-electron chi connectivity index (χ3n) is 1.72. The van der Waals surface area contributed by atoms with Gasteiger partial charge in [-0.05, 0) is 12.1 Å². The van der Waals surface area contributed by atoms with Crippen LogP contribution in [0.3, 0.4) is 0 Å². The van der Waals surface area contributed by atoms with E-state index in [1.165, 1.54) is 13.3 Å². The Balaban J connectivity index is 2.60. The average Bonchev–Trinajstić information content (AvgIpc) is 2.20. The molecule has 0 fully saturated rings. The van der Waals surface area contributed by atoms with Gasteiger partial charge in [-0.3, -0.25) is 9.78 Å². The maximum atomic E-state index is 11.0. The number of hydrogen-bond donors (Lipinski definition) is 1. The van der Waals surface area contributed by atoms with Crippen LogP contribution in [0.25, 0.3) is 0 Å². The Morgan fingerprint density at radius 2 is 2.43 bits per heavy atom. The molecule has 0 aliphatic carbocycles. The topological polar surface area (TPSA) is 65.2 Å². The van der Waals surface area contributed by atoms with Gasteiger partial charge >= 0.3 is 5.97 Å². The number of carbonyl (C=O) groups excluding carboxylic acids is 1. The molecular formula is C9H11ClN2O2. The summed E-state index contributed by atoms with van der Waals surface area (Å²) in [6, 6.07) is 2.76. The molecule has 0 amide bonds. The number of nitrogens with two attached hydrogens (primary N) is 1. The van der Waals surface area contributed by atoms with E-state index in [0.29, 0.717) is 17.1 Å². The van der Waals surface area contributed by atoms with Crippen molar-refractivity contribution in [3.63, 3.8) is 0 Å². The standard InChI is InChI=1S/C9H11ClN2O2/c1-14-9(13)8(11)4-7-3-2-6(10)5-12-7/h2-3,5,8H,4,11H2,1H3. The number of nitrogens with zero attached hydrogens (tertiary/aromatic N) is 1. The van der Waals surface area contributed by atoms with Gasteiger partial charge in [0.2, 0.25) is 0 Å². The second-order valence-electron chi connectivity index (χ2n) is 2.80. The molecule has 0 aliphatic rings. The lowest BCUT2D eigenvalue weighted by Gasteiger charge is -2.07. The molecule has 1 unspecified atom stereocenters. The molecule has 14 heavy (non-hydrogen) atoms. The highest BCUT2D eigenvalue weighted by atomic mass is 35.5. The maximum Gasteiger partial charge on any atom is 0.323 e. The monoisotopic (exact) mass is 214 g/mol. The second-order valence-corrected chi connectivity index (χ2v) is 3.24. The summed E-state index contributed by atoms with van der Waals surface area (Å²) in [5.41, 5.74) is 6.27. The molecule has 0 aliphatic heterocycles. The number of pyridine rings is 1. The summed E-state index contributed by atoms with van der Waals surface area (Å²) in [6.45, 7) is 0. The second kappa shape index (κ2) is 4.93. The number of ether oxygens (including phenoxy) is 1. The van der Waals surface area contributed by atoms with Crippen LogP contribution in [-0.2, 0) is 16.0 Å². The minimum absolute atomic E-state index is 0.351. The summed E-state index contributed by atoms with van der Waals surface area (Å²) in [5.74, 6) is -0.443. The normalized spacial score (nSPS) is 12.2. The fraction of sp³-hybridized carbons (Fsp3) is 0.333. The summed E-state index contributed by atoms with van der Waals surface area (Å²) < 4.78 is 4.49. The van der Waals surface area contributed by atoms with E-state index in [0.717, 1.165) is 0 Å². The molecule has 0 aromatic carbocycles. The van der Waals surface area contributed by atoms with Crippen LogP contribution in [0.5, 0.6) is 0 Å². The van der Waals surface area contributed by atoms with E-state index in [4.69, 9.17) is 17.3 Å². The zero-order chi connectivity index (χ0) is 10.6. The Bertz CT molecular complexity index is 313. The number of esters is 1. The number of halogens is 1. The van der Waals surface area contributed by atoms with Crippen LogP contribution < -0.4 is 5.73 Å². The number of methoxy groups -OCH3 is 1. The Kier molecular flexibility index (Phi) is 3.85. The summed E-state index contributed by atoms with van der Waals surface area (Å²) in [4.78, 5) is 15.0. The van der Waals surface area contributed by atoms with Crippen molar-refractivity contribution >= 4 is 17.6 Å². The van der Waals surface area contributed by atoms with Gasteiger partial charge in [-0.1, -0.05) is 11.6 Å². The molecule has 1 heterocycles. The van der Waals surface area contributed by atoms with E-state index >= 15 is 0 Å². The van der Waals surface area contributed by atoms with Crippen molar-refractivity contribution in [2.75, 3.05) is 7.11 Å². The Morgan fingerprint density at radius 1 is 1.71 bits per heavy atom. The predicted molar refractivity (Wildman–Crippen MR) is 52.9 cm³/mol. The predicted octanol–water partition coefficient (Wildman–Crippen LogP) is 0.778. The van der Waals surface area contributed by atoms with Crippen molar-refractivity contribution in [1.29, 1.82) is 0 Å². The first-order chi connectivity index (χ1) is 6.63. The molecule has 1 atom stereocenters. The van der Waals surface area contributed by atoms with Gasteiger partial charge in [0.05, 0.1) is 12.1 Å². The summed E-state index contributed by atoms with van der Waals surface area (Å²) in [6.07, 6.45) is 1.87. The van der Waals surface area contributed by atoms with Gasteiger partial charge in [0.15, 0.2) is 0 Å². The van der Waals surface area contributed by atoms with Gasteiger partial charge in [0.1, 0.15) is 6.04 Å². The Labute approximate surface area is 87.0 Å². The molecule has 1 aromatic heterocycles. The van der Waals surface area contributed by atoms with Gasteiger partial charge in [-0.2, -0.15) is 0 Å². The fourth-order valence-electron chi connectivity index (χ4n) is 0.987. The van der Waals surface area contributed by atoms with Gasteiger partial charge < -0.3 is 10.5 Å².